The second-order valence-electron chi connectivity index (χ2n) is 5.60. The number of carbonyl (C=O) groups excluding carboxylic acids is 1. The fourth-order valence-electron chi connectivity index (χ4n) is 3.41. The number of benzene rings is 3. The van der Waals surface area contributed by atoms with Gasteiger partial charge in [-0.1, -0.05) is 72.8 Å². The van der Waals surface area contributed by atoms with Crippen LogP contribution in [-0.4, -0.2) is 5.91 Å². The zero-order valence-electron chi connectivity index (χ0n) is 12.3. The van der Waals surface area contributed by atoms with Crippen LogP contribution in [0, 0.1) is 0 Å². The molecule has 3 aromatic carbocycles. The van der Waals surface area contributed by atoms with Gasteiger partial charge < -0.3 is 5.32 Å². The lowest BCUT2D eigenvalue weighted by molar-refractivity contribution is -0.118. The summed E-state index contributed by atoms with van der Waals surface area (Å²) in [6.07, 6.45) is 0. The molecule has 112 valence electrons. The molecule has 0 radical (unpaired) electrons. The molecule has 1 amide bonds. The molecule has 1 heterocycles. The minimum Gasteiger partial charge on any atom is -0.323 e. The molecule has 0 saturated heterocycles. The van der Waals surface area contributed by atoms with Crippen molar-refractivity contribution < 1.29 is 4.79 Å². The highest BCUT2D eigenvalue weighted by molar-refractivity contribution is 9.10. The highest BCUT2D eigenvalue weighted by atomic mass is 79.9. The minimum atomic E-state index is -0.818. The van der Waals surface area contributed by atoms with E-state index in [9.17, 15) is 4.79 Å². The number of hydrogen-bond acceptors (Lipinski definition) is 1. The third-order valence-electron chi connectivity index (χ3n) is 4.41. The van der Waals surface area contributed by atoms with Crippen LogP contribution in [-0.2, 0) is 10.2 Å². The fraction of sp³-hybridized carbons (Fsp3) is 0.0500. The maximum atomic E-state index is 13.2. The predicted octanol–water partition coefficient (Wildman–Crippen LogP) is 4.74. The number of halogens is 1. The molecule has 2 nitrogen and oxygen atoms in total. The number of nitrogens with one attached hydrogen (secondary N) is 1. The van der Waals surface area contributed by atoms with Crippen LogP contribution in [0.25, 0.3) is 0 Å². The van der Waals surface area contributed by atoms with Crippen LogP contribution >= 0.6 is 15.9 Å². The molecule has 0 spiro atoms. The van der Waals surface area contributed by atoms with Crippen LogP contribution < -0.4 is 5.32 Å². The normalized spacial score (nSPS) is 15.1. The monoisotopic (exact) mass is 363 g/mol. The maximum Gasteiger partial charge on any atom is 0.244 e. The molecule has 0 bridgehead atoms. The number of fused-ring (bicyclic) bond motifs is 1. The van der Waals surface area contributed by atoms with Gasteiger partial charge in [0, 0.05) is 10.0 Å². The van der Waals surface area contributed by atoms with Crippen molar-refractivity contribution in [1.82, 2.24) is 0 Å². The number of para-hydroxylation sites is 1. The lowest BCUT2D eigenvalue weighted by Gasteiger charge is -2.29. The minimum absolute atomic E-state index is 0.0169. The Hall–Kier alpha value is -2.39. The van der Waals surface area contributed by atoms with E-state index in [-0.39, 0.29) is 5.91 Å². The van der Waals surface area contributed by atoms with Crippen LogP contribution in [0.4, 0.5) is 5.69 Å². The molecule has 0 aromatic heterocycles. The average Bonchev–Trinajstić information content (AvgIpc) is 2.91. The summed E-state index contributed by atoms with van der Waals surface area (Å²) >= 11 is 3.56. The Kier molecular flexibility index (Phi) is 3.31. The number of hydrogen-bond donors (Lipinski definition) is 1. The Morgan fingerprint density at radius 1 is 0.739 bits per heavy atom. The maximum absolute atomic E-state index is 13.2. The Morgan fingerprint density at radius 3 is 1.87 bits per heavy atom. The van der Waals surface area contributed by atoms with E-state index < -0.39 is 5.41 Å². The summed E-state index contributed by atoms with van der Waals surface area (Å²) in [5, 5.41) is 3.07. The lowest BCUT2D eigenvalue weighted by Crippen LogP contribution is -2.36. The molecule has 1 N–H and O–H groups in total. The molecule has 4 rings (SSSR count). The second-order valence-corrected chi connectivity index (χ2v) is 6.45. The van der Waals surface area contributed by atoms with E-state index in [1.54, 1.807) is 0 Å². The van der Waals surface area contributed by atoms with E-state index in [0.29, 0.717) is 0 Å². The zero-order chi connectivity index (χ0) is 15.9. The van der Waals surface area contributed by atoms with E-state index in [2.05, 4.69) is 21.2 Å². The van der Waals surface area contributed by atoms with E-state index in [1.807, 2.05) is 78.9 Å². The van der Waals surface area contributed by atoms with Gasteiger partial charge in [-0.15, -0.1) is 0 Å². The number of anilines is 1. The van der Waals surface area contributed by atoms with Crippen LogP contribution in [0.3, 0.4) is 0 Å². The summed E-state index contributed by atoms with van der Waals surface area (Å²) in [6.45, 7) is 0. The topological polar surface area (TPSA) is 29.1 Å². The molecular weight excluding hydrogens is 350 g/mol. The zero-order valence-corrected chi connectivity index (χ0v) is 13.9. The molecule has 1 aliphatic heterocycles. The van der Waals surface area contributed by atoms with Gasteiger partial charge in [-0.25, -0.2) is 0 Å². The average molecular weight is 364 g/mol. The number of carbonyl (C=O) groups is 1. The fourth-order valence-corrected chi connectivity index (χ4v) is 3.87. The smallest absolute Gasteiger partial charge is 0.244 e. The first-order valence-electron chi connectivity index (χ1n) is 7.46. The molecule has 3 heteroatoms. The van der Waals surface area contributed by atoms with Crippen molar-refractivity contribution in [2.75, 3.05) is 5.32 Å². The van der Waals surface area contributed by atoms with Crippen molar-refractivity contribution in [2.24, 2.45) is 0 Å². The van der Waals surface area contributed by atoms with Crippen molar-refractivity contribution in [2.45, 2.75) is 5.41 Å². The van der Waals surface area contributed by atoms with Crippen molar-refractivity contribution in [1.29, 1.82) is 0 Å². The number of rotatable bonds is 2. The van der Waals surface area contributed by atoms with Crippen LogP contribution in [0.1, 0.15) is 16.7 Å². The van der Waals surface area contributed by atoms with Gasteiger partial charge >= 0.3 is 0 Å². The SMILES string of the molecule is O=C1Nc2c(Br)cccc2C1(c1ccccc1)c1ccccc1. The molecule has 0 aliphatic carbocycles. The van der Waals surface area contributed by atoms with Gasteiger partial charge in [0.25, 0.3) is 0 Å². The molecule has 0 saturated carbocycles. The Bertz CT molecular complexity index is 835. The van der Waals surface area contributed by atoms with Crippen molar-refractivity contribution in [3.8, 4) is 0 Å². The molecule has 23 heavy (non-hydrogen) atoms. The summed E-state index contributed by atoms with van der Waals surface area (Å²) in [6, 6.07) is 25.9. The first kappa shape index (κ1) is 14.2. The highest BCUT2D eigenvalue weighted by Crippen LogP contribution is 2.49. The largest absolute Gasteiger partial charge is 0.323 e. The van der Waals surface area contributed by atoms with E-state index in [0.717, 1.165) is 26.9 Å². The van der Waals surface area contributed by atoms with Gasteiger partial charge in [-0.3, -0.25) is 4.79 Å². The third kappa shape index (κ3) is 1.97. The Morgan fingerprint density at radius 2 is 1.30 bits per heavy atom. The molecule has 0 atom stereocenters. The van der Waals surface area contributed by atoms with Crippen molar-refractivity contribution in [3.63, 3.8) is 0 Å². The van der Waals surface area contributed by atoms with Gasteiger partial charge in [0.1, 0.15) is 5.41 Å². The Balaban J connectivity index is 2.11. The van der Waals surface area contributed by atoms with Gasteiger partial charge in [0.2, 0.25) is 5.91 Å². The molecule has 3 aromatic rings. The van der Waals surface area contributed by atoms with Crippen molar-refractivity contribution in [3.05, 3.63) is 100 Å². The van der Waals surface area contributed by atoms with Gasteiger partial charge in [0.05, 0.1) is 5.69 Å². The van der Waals surface area contributed by atoms with E-state index in [1.165, 1.54) is 0 Å². The first-order chi connectivity index (χ1) is 11.2. The first-order valence-corrected chi connectivity index (χ1v) is 8.25. The standard InChI is InChI=1S/C20H14BrNO/c21-17-13-7-12-16-18(17)22-19(23)20(16,14-8-3-1-4-9-14)15-10-5-2-6-11-15/h1-13H,(H,22,23). The number of amides is 1. The third-order valence-corrected chi connectivity index (χ3v) is 5.07. The van der Waals surface area contributed by atoms with Crippen LogP contribution in [0.2, 0.25) is 0 Å². The summed E-state index contributed by atoms with van der Waals surface area (Å²) in [7, 11) is 0. The summed E-state index contributed by atoms with van der Waals surface area (Å²) in [4.78, 5) is 13.2. The Labute approximate surface area is 143 Å². The molecule has 0 unspecified atom stereocenters. The van der Waals surface area contributed by atoms with Gasteiger partial charge in [0.15, 0.2) is 0 Å². The van der Waals surface area contributed by atoms with Gasteiger partial charge in [-0.2, -0.15) is 0 Å². The summed E-state index contributed by atoms with van der Waals surface area (Å²) in [5.41, 5.74) is 2.96. The summed E-state index contributed by atoms with van der Waals surface area (Å²) in [5.74, 6) is -0.0169. The van der Waals surface area contributed by atoms with E-state index in [4.69, 9.17) is 0 Å². The second kappa shape index (κ2) is 5.36. The summed E-state index contributed by atoms with van der Waals surface area (Å²) < 4.78 is 0.900. The highest BCUT2D eigenvalue weighted by Gasteiger charge is 2.50. The quantitative estimate of drug-likeness (QED) is 0.700. The van der Waals surface area contributed by atoms with Crippen LogP contribution in [0.5, 0.6) is 0 Å². The van der Waals surface area contributed by atoms with Crippen LogP contribution in [0.15, 0.2) is 83.3 Å². The molecular formula is C20H14BrNO. The van der Waals surface area contributed by atoms with Gasteiger partial charge in [-0.05, 0) is 33.1 Å². The molecule has 0 fully saturated rings. The predicted molar refractivity (Wildman–Crippen MR) is 95.5 cm³/mol. The van der Waals surface area contributed by atoms with E-state index >= 15 is 0 Å². The lowest BCUT2D eigenvalue weighted by atomic mass is 9.70. The molecule has 1 aliphatic rings. The van der Waals surface area contributed by atoms with Crippen molar-refractivity contribution >= 4 is 27.5 Å².